The second-order valence-corrected chi connectivity index (χ2v) is 25.9. The predicted molar refractivity (Wildman–Crippen MR) is 197 cm³/mol. The molecule has 272 valence electrons. The summed E-state index contributed by atoms with van der Waals surface area (Å²) in [5.74, 6) is 0.179. The zero-order valence-corrected chi connectivity index (χ0v) is 34.3. The van der Waals surface area contributed by atoms with E-state index in [9.17, 15) is 14.4 Å². The number of Topliss-reactive ketones (excluding diaryl/α,β-unsaturated/α-hetero) is 2. The zero-order valence-electron chi connectivity index (χ0n) is 32.3. The van der Waals surface area contributed by atoms with Gasteiger partial charge in [0.1, 0.15) is 5.78 Å². The van der Waals surface area contributed by atoms with Gasteiger partial charge in [-0.3, -0.25) is 19.3 Å². The minimum Gasteiger partial charge on any atom is -0.454 e. The maximum atomic E-state index is 14.8. The van der Waals surface area contributed by atoms with Gasteiger partial charge >= 0.3 is 5.97 Å². The average molecular weight is 694 g/mol. The monoisotopic (exact) mass is 693 g/mol. The van der Waals surface area contributed by atoms with Crippen LogP contribution in [0.15, 0.2) is 0 Å². The van der Waals surface area contributed by atoms with Crippen LogP contribution in [0.25, 0.3) is 0 Å². The summed E-state index contributed by atoms with van der Waals surface area (Å²) in [5.41, 5.74) is -0.945. The van der Waals surface area contributed by atoms with Crippen molar-refractivity contribution in [3.63, 3.8) is 0 Å². The van der Waals surface area contributed by atoms with E-state index in [4.69, 9.17) is 13.6 Å². The molecule has 0 aromatic heterocycles. The van der Waals surface area contributed by atoms with Crippen molar-refractivity contribution in [2.24, 2.45) is 23.2 Å². The van der Waals surface area contributed by atoms with Gasteiger partial charge in [-0.05, 0) is 87.6 Å². The molecule has 3 aliphatic rings. The molecule has 0 aromatic carbocycles. The van der Waals surface area contributed by atoms with Crippen LogP contribution in [0, 0.1) is 23.2 Å². The molecule has 3 rings (SSSR count). The summed E-state index contributed by atoms with van der Waals surface area (Å²) in [6.07, 6.45) is 4.53. The number of cyclic esters (lactones) is 1. The Bertz CT molecular complexity index is 1050. The van der Waals surface area contributed by atoms with Crippen molar-refractivity contribution in [3.8, 4) is 0 Å². The van der Waals surface area contributed by atoms with Gasteiger partial charge in [0, 0.05) is 35.9 Å². The van der Waals surface area contributed by atoms with Crippen LogP contribution in [-0.4, -0.2) is 75.5 Å². The summed E-state index contributed by atoms with van der Waals surface area (Å²) >= 11 is 0. The van der Waals surface area contributed by atoms with Gasteiger partial charge in [0.2, 0.25) is 0 Å². The minimum absolute atomic E-state index is 0.00570. The second kappa shape index (κ2) is 16.4. The van der Waals surface area contributed by atoms with Gasteiger partial charge < -0.3 is 13.6 Å². The summed E-state index contributed by atoms with van der Waals surface area (Å²) in [7, 11) is -4.24. The summed E-state index contributed by atoms with van der Waals surface area (Å²) in [6.45, 7) is 26.5. The van der Waals surface area contributed by atoms with Gasteiger partial charge in [-0.25, -0.2) is 0 Å². The SMILES string of the molecule is CC[Si](CC)(CC)O[C@H]1[C@@H](C)CCC[C@]2(C)[C@H](C[C@@H](C(C)=O)OC(=O)C[C@H](O[Si](CC)(CC)CC)C(C)(C)C(=O)[C@@H]1C)N2CC1CC1. The topological polar surface area (TPSA) is 81.9 Å². The molecule has 0 radical (unpaired) electrons. The Balaban J connectivity index is 2.07. The highest BCUT2D eigenvalue weighted by Gasteiger charge is 2.60. The van der Waals surface area contributed by atoms with E-state index in [0.29, 0.717) is 6.42 Å². The molecular weight excluding hydrogens is 623 g/mol. The van der Waals surface area contributed by atoms with Crippen molar-refractivity contribution in [3.05, 3.63) is 0 Å². The number of ether oxygens (including phenoxy) is 1. The Morgan fingerprint density at radius 1 is 0.872 bits per heavy atom. The molecule has 0 aromatic rings. The highest BCUT2D eigenvalue weighted by Crippen LogP contribution is 2.51. The second-order valence-electron chi connectivity index (χ2n) is 16.4. The molecule has 0 spiro atoms. The molecule has 2 heterocycles. The molecule has 0 bridgehead atoms. The predicted octanol–water partition coefficient (Wildman–Crippen LogP) is 8.95. The Labute approximate surface area is 290 Å². The number of carbonyl (C=O) groups is 3. The fourth-order valence-corrected chi connectivity index (χ4v) is 14.6. The summed E-state index contributed by atoms with van der Waals surface area (Å²) in [5, 5.41) is 0. The van der Waals surface area contributed by atoms with Crippen molar-refractivity contribution in [1.29, 1.82) is 0 Å². The summed E-state index contributed by atoms with van der Waals surface area (Å²) < 4.78 is 20.4. The molecule has 0 amide bonds. The van der Waals surface area contributed by atoms with Crippen molar-refractivity contribution in [2.45, 2.75) is 194 Å². The normalized spacial score (nSPS) is 34.4. The third kappa shape index (κ3) is 9.27. The molecule has 1 aliphatic carbocycles. The first-order chi connectivity index (χ1) is 22.0. The lowest BCUT2D eigenvalue weighted by molar-refractivity contribution is -0.159. The van der Waals surface area contributed by atoms with Gasteiger partial charge in [0.05, 0.1) is 18.6 Å². The molecule has 0 N–H and O–H groups in total. The summed E-state index contributed by atoms with van der Waals surface area (Å²) in [6, 6.07) is 6.09. The highest BCUT2D eigenvalue weighted by atomic mass is 28.4. The quantitative estimate of drug-likeness (QED) is 0.108. The van der Waals surface area contributed by atoms with Crippen LogP contribution >= 0.6 is 0 Å². The van der Waals surface area contributed by atoms with Gasteiger partial charge in [-0.1, -0.05) is 75.7 Å². The molecule has 2 aliphatic heterocycles. The van der Waals surface area contributed by atoms with Crippen LogP contribution < -0.4 is 0 Å². The van der Waals surface area contributed by atoms with E-state index in [-0.39, 0.29) is 47.5 Å². The molecule has 2 saturated heterocycles. The van der Waals surface area contributed by atoms with Crippen molar-refractivity contribution >= 4 is 34.2 Å². The van der Waals surface area contributed by atoms with Gasteiger partial charge in [0.15, 0.2) is 28.5 Å². The number of carbonyl (C=O) groups excluding carboxylic acids is 3. The number of rotatable bonds is 13. The van der Waals surface area contributed by atoms with Crippen molar-refractivity contribution < 1.29 is 28.0 Å². The Morgan fingerprint density at radius 3 is 1.89 bits per heavy atom. The van der Waals surface area contributed by atoms with E-state index in [1.165, 1.54) is 12.8 Å². The molecule has 1 saturated carbocycles. The zero-order chi connectivity index (χ0) is 35.4. The highest BCUT2D eigenvalue weighted by molar-refractivity contribution is 6.74. The Morgan fingerprint density at radius 2 is 1.40 bits per heavy atom. The number of ketones is 2. The van der Waals surface area contributed by atoms with E-state index in [0.717, 1.165) is 68.0 Å². The van der Waals surface area contributed by atoms with Gasteiger partial charge in [-0.2, -0.15) is 0 Å². The maximum absolute atomic E-state index is 14.8. The fourth-order valence-electron chi connectivity index (χ4n) is 8.63. The van der Waals surface area contributed by atoms with E-state index in [1.807, 2.05) is 13.8 Å². The largest absolute Gasteiger partial charge is 0.454 e. The van der Waals surface area contributed by atoms with Crippen LogP contribution in [0.1, 0.15) is 128 Å². The lowest BCUT2D eigenvalue weighted by atomic mass is 9.73. The molecule has 1 unspecified atom stereocenters. The van der Waals surface area contributed by atoms with Crippen LogP contribution in [0.5, 0.6) is 0 Å². The van der Waals surface area contributed by atoms with Gasteiger partial charge in [0.25, 0.3) is 0 Å². The number of esters is 1. The lowest BCUT2D eigenvalue weighted by Gasteiger charge is -2.44. The third-order valence-corrected chi connectivity index (χ3v) is 22.5. The third-order valence-electron chi connectivity index (χ3n) is 13.2. The van der Waals surface area contributed by atoms with E-state index in [1.54, 1.807) is 6.92 Å². The average Bonchev–Trinajstić information content (AvgIpc) is 3.97. The smallest absolute Gasteiger partial charge is 0.309 e. The summed E-state index contributed by atoms with van der Waals surface area (Å²) in [4.78, 5) is 44.2. The number of hydrogen-bond acceptors (Lipinski definition) is 7. The fraction of sp³-hybridized carbons (Fsp3) is 0.921. The first-order valence-corrected chi connectivity index (χ1v) is 24.4. The number of nitrogens with zero attached hydrogens (tertiary/aromatic N) is 1. The minimum atomic E-state index is -2.21. The molecule has 8 atom stereocenters. The number of hydrogen-bond donors (Lipinski definition) is 0. The molecule has 47 heavy (non-hydrogen) atoms. The molecule has 7 nitrogen and oxygen atoms in total. The van der Waals surface area contributed by atoms with Crippen LogP contribution in [0.4, 0.5) is 0 Å². The first-order valence-electron chi connectivity index (χ1n) is 19.4. The van der Waals surface area contributed by atoms with Crippen LogP contribution in [-0.2, 0) is 28.0 Å². The van der Waals surface area contributed by atoms with Crippen LogP contribution in [0.3, 0.4) is 0 Å². The van der Waals surface area contributed by atoms with E-state index >= 15 is 0 Å². The molecular formula is C38H71NO6Si2. The van der Waals surface area contributed by atoms with Crippen molar-refractivity contribution in [2.75, 3.05) is 6.54 Å². The number of fused-ring (bicyclic) bond motifs is 1. The van der Waals surface area contributed by atoms with Crippen LogP contribution in [0.2, 0.25) is 36.3 Å². The molecule has 9 heteroatoms. The standard InChI is InChI=1S/C38H71NO6Si2/c1-13-46(14-2,15-3)44-33-25-34(41)43-31(29(9)40)24-32-38(12,39(32)26-30-21-22-30)23-19-20-27(7)35(28(8)36(42)37(33,10)11)45-47(16-4,17-5)18-6/h27-28,30-33,35H,13-26H2,1-12H3/t27-,28+,31-,32-,33-,35-,38+,39?/m0/s1. The maximum Gasteiger partial charge on any atom is 0.309 e. The Hall–Kier alpha value is -0.876. The first kappa shape index (κ1) is 40.6. The van der Waals surface area contributed by atoms with E-state index < -0.39 is 40.2 Å². The Kier molecular flexibility index (Phi) is 14.2. The lowest BCUT2D eigenvalue weighted by Crippen LogP contribution is -2.53. The van der Waals surface area contributed by atoms with Gasteiger partial charge in [-0.15, -0.1) is 0 Å². The van der Waals surface area contributed by atoms with Crippen molar-refractivity contribution in [1.82, 2.24) is 4.90 Å². The van der Waals surface area contributed by atoms with E-state index in [2.05, 4.69) is 67.2 Å². The molecule has 3 fully saturated rings.